The summed E-state index contributed by atoms with van der Waals surface area (Å²) in [6, 6.07) is 42.6. The molecule has 7 rings (SSSR count). The summed E-state index contributed by atoms with van der Waals surface area (Å²) in [5.74, 6) is 0. The summed E-state index contributed by atoms with van der Waals surface area (Å²) in [5.41, 5.74) is 10.8. The van der Waals surface area contributed by atoms with Crippen LogP contribution >= 0.6 is 0 Å². The van der Waals surface area contributed by atoms with Gasteiger partial charge in [0.25, 0.3) is 0 Å². The molecule has 5 aromatic carbocycles. The third-order valence-electron chi connectivity index (χ3n) is 8.55. The largest absolute Gasteiger partial charge is 0.455 e. The quantitative estimate of drug-likeness (QED) is 0.214. The molecule has 188 valence electrons. The van der Waals surface area contributed by atoms with Gasteiger partial charge in [-0.1, -0.05) is 122 Å². The molecule has 4 heteroatoms. The molecule has 1 atom stereocenters. The molecule has 0 spiro atoms. The second-order valence-corrected chi connectivity index (χ2v) is 10.8. The van der Waals surface area contributed by atoms with E-state index in [9.17, 15) is 0 Å². The van der Waals surface area contributed by atoms with E-state index < -0.39 is 5.41 Å². The van der Waals surface area contributed by atoms with E-state index in [1.165, 1.54) is 16.7 Å². The van der Waals surface area contributed by atoms with E-state index in [2.05, 4.69) is 109 Å². The first kappa shape index (κ1) is 25.5. The molecule has 0 bridgehead atoms. The van der Waals surface area contributed by atoms with Crippen LogP contribution in [0.5, 0.6) is 0 Å². The molecule has 1 aromatic heterocycles. The van der Waals surface area contributed by atoms with E-state index in [4.69, 9.17) is 28.0 Å². The SMILES string of the molecule is [B]/C(C)=C([B])/C([B])=C1\CC(c2ccccc2)(c2ccc(-c3cccc4c3oc3ccccc34)cc2)c2ccccc21. The zero-order valence-corrected chi connectivity index (χ0v) is 22.9. The smallest absolute Gasteiger partial charge is 0.143 e. The zero-order chi connectivity index (χ0) is 28.1. The second kappa shape index (κ2) is 9.89. The lowest BCUT2D eigenvalue weighted by molar-refractivity contribution is 0.661. The van der Waals surface area contributed by atoms with Crippen molar-refractivity contribution in [3.8, 4) is 11.1 Å². The molecule has 1 heterocycles. The Morgan fingerprint density at radius 3 is 2.05 bits per heavy atom. The van der Waals surface area contributed by atoms with Crippen LogP contribution in [0.25, 0.3) is 38.6 Å². The van der Waals surface area contributed by atoms with Gasteiger partial charge < -0.3 is 4.42 Å². The van der Waals surface area contributed by atoms with Crippen LogP contribution in [0.2, 0.25) is 0 Å². The summed E-state index contributed by atoms with van der Waals surface area (Å²) in [4.78, 5) is 0. The standard InChI is InChI=1S/C37H25B3O/c1-23(38)34(39)35(40)31-22-37(25-10-3-2-4-11-25,32-16-7-5-12-28(31)32)26-20-18-24(19-21-26)27-14-9-15-30-29-13-6-8-17-33(29)41-36(27)30/h2-21H,22H2,1H3/b34-23-,35-31-. The Morgan fingerprint density at radius 1 is 0.634 bits per heavy atom. The number of hydrogen-bond acceptors (Lipinski definition) is 1. The fourth-order valence-electron chi connectivity index (χ4n) is 6.50. The Kier molecular flexibility index (Phi) is 6.16. The van der Waals surface area contributed by atoms with Crippen molar-refractivity contribution in [1.29, 1.82) is 0 Å². The van der Waals surface area contributed by atoms with Gasteiger partial charge in [0.15, 0.2) is 0 Å². The third kappa shape index (κ3) is 3.96. The van der Waals surface area contributed by atoms with Crippen molar-refractivity contribution < 1.29 is 4.42 Å². The van der Waals surface area contributed by atoms with Crippen molar-refractivity contribution in [2.24, 2.45) is 0 Å². The number of para-hydroxylation sites is 2. The van der Waals surface area contributed by atoms with Crippen LogP contribution in [-0.4, -0.2) is 23.5 Å². The number of furan rings is 1. The highest BCUT2D eigenvalue weighted by atomic mass is 16.3. The number of fused-ring (bicyclic) bond motifs is 4. The number of allylic oxidation sites excluding steroid dienone is 4. The Balaban J connectivity index is 1.43. The van der Waals surface area contributed by atoms with Crippen molar-refractivity contribution in [2.45, 2.75) is 18.8 Å². The van der Waals surface area contributed by atoms with Crippen molar-refractivity contribution >= 4 is 51.1 Å². The van der Waals surface area contributed by atoms with Crippen molar-refractivity contribution in [3.05, 3.63) is 160 Å². The Morgan fingerprint density at radius 2 is 1.27 bits per heavy atom. The minimum absolute atomic E-state index is 0.438. The maximum Gasteiger partial charge on any atom is 0.143 e. The average molecular weight is 518 g/mol. The zero-order valence-electron chi connectivity index (χ0n) is 22.9. The molecular formula is C37H25B3O. The topological polar surface area (TPSA) is 13.1 Å². The summed E-state index contributed by atoms with van der Waals surface area (Å²) in [7, 11) is 19.2. The van der Waals surface area contributed by atoms with Crippen LogP contribution in [0.1, 0.15) is 35.6 Å². The maximum absolute atomic E-state index is 6.71. The van der Waals surface area contributed by atoms with E-state index in [0.29, 0.717) is 22.8 Å². The molecule has 0 aliphatic heterocycles. The monoisotopic (exact) mass is 518 g/mol. The molecule has 0 saturated carbocycles. The normalized spacial score (nSPS) is 18.4. The van der Waals surface area contributed by atoms with Gasteiger partial charge in [-0.3, -0.25) is 0 Å². The van der Waals surface area contributed by atoms with Crippen molar-refractivity contribution in [3.63, 3.8) is 0 Å². The van der Waals surface area contributed by atoms with Crippen molar-refractivity contribution in [2.75, 3.05) is 0 Å². The Hall–Kier alpha value is -4.43. The summed E-state index contributed by atoms with van der Waals surface area (Å²) in [5, 5.41) is 2.25. The Labute approximate surface area is 244 Å². The Bertz CT molecular complexity index is 1990. The first-order valence-corrected chi connectivity index (χ1v) is 13.9. The number of benzene rings is 5. The van der Waals surface area contributed by atoms with Crippen LogP contribution in [0.4, 0.5) is 0 Å². The van der Waals surface area contributed by atoms with E-state index in [-0.39, 0.29) is 0 Å². The number of rotatable bonds is 4. The summed E-state index contributed by atoms with van der Waals surface area (Å²) in [6.45, 7) is 1.79. The third-order valence-corrected chi connectivity index (χ3v) is 8.55. The molecule has 41 heavy (non-hydrogen) atoms. The lowest BCUT2D eigenvalue weighted by Gasteiger charge is -2.32. The maximum atomic E-state index is 6.71. The van der Waals surface area contributed by atoms with Crippen LogP contribution in [-0.2, 0) is 5.41 Å². The van der Waals surface area contributed by atoms with E-state index in [1.807, 2.05) is 12.1 Å². The van der Waals surface area contributed by atoms with E-state index in [0.717, 1.165) is 44.2 Å². The van der Waals surface area contributed by atoms with Crippen LogP contribution in [0.15, 0.2) is 142 Å². The van der Waals surface area contributed by atoms with Gasteiger partial charge >= 0.3 is 0 Å². The highest BCUT2D eigenvalue weighted by Crippen LogP contribution is 2.54. The van der Waals surface area contributed by atoms with Crippen LogP contribution in [0.3, 0.4) is 0 Å². The van der Waals surface area contributed by atoms with Gasteiger partial charge in [0, 0.05) is 21.8 Å². The molecule has 0 saturated heterocycles. The van der Waals surface area contributed by atoms with Gasteiger partial charge in [-0.25, -0.2) is 0 Å². The molecule has 1 nitrogen and oxygen atoms in total. The summed E-state index contributed by atoms with van der Waals surface area (Å²) < 4.78 is 6.34. The predicted octanol–water partition coefficient (Wildman–Crippen LogP) is 8.44. The molecule has 0 amide bonds. The predicted molar refractivity (Wildman–Crippen MR) is 173 cm³/mol. The van der Waals surface area contributed by atoms with Gasteiger partial charge in [-0.05, 0) is 45.9 Å². The molecule has 0 fully saturated rings. The van der Waals surface area contributed by atoms with E-state index >= 15 is 0 Å². The molecule has 0 N–H and O–H groups in total. The molecular weight excluding hydrogens is 493 g/mol. The molecule has 1 aliphatic carbocycles. The first-order chi connectivity index (χ1) is 20.0. The number of hydrogen-bond donors (Lipinski definition) is 0. The van der Waals surface area contributed by atoms with Gasteiger partial charge in [-0.15, -0.1) is 16.4 Å². The highest BCUT2D eigenvalue weighted by molar-refractivity contribution is 6.42. The molecule has 6 aromatic rings. The second-order valence-electron chi connectivity index (χ2n) is 10.8. The highest BCUT2D eigenvalue weighted by Gasteiger charge is 2.44. The minimum Gasteiger partial charge on any atom is -0.455 e. The van der Waals surface area contributed by atoms with Crippen LogP contribution < -0.4 is 0 Å². The van der Waals surface area contributed by atoms with Crippen molar-refractivity contribution in [1.82, 2.24) is 0 Å². The van der Waals surface area contributed by atoms with Gasteiger partial charge in [0.2, 0.25) is 0 Å². The lowest BCUT2D eigenvalue weighted by atomic mass is 9.67. The van der Waals surface area contributed by atoms with E-state index in [1.54, 1.807) is 6.92 Å². The first-order valence-electron chi connectivity index (χ1n) is 13.9. The van der Waals surface area contributed by atoms with Crippen LogP contribution in [0, 0.1) is 0 Å². The minimum atomic E-state index is -0.440. The summed E-state index contributed by atoms with van der Waals surface area (Å²) in [6.07, 6.45) is 0.675. The summed E-state index contributed by atoms with van der Waals surface area (Å²) >= 11 is 0. The van der Waals surface area contributed by atoms with Gasteiger partial charge in [0.1, 0.15) is 34.7 Å². The average Bonchev–Trinajstić information content (AvgIpc) is 3.58. The molecule has 1 unspecified atom stereocenters. The lowest BCUT2D eigenvalue weighted by Crippen LogP contribution is -2.26. The fourth-order valence-corrected chi connectivity index (χ4v) is 6.50. The van der Waals surface area contributed by atoms with Gasteiger partial charge in [-0.2, -0.15) is 0 Å². The molecule has 6 radical (unpaired) electrons. The van der Waals surface area contributed by atoms with Gasteiger partial charge in [0.05, 0.1) is 0 Å². The molecule has 1 aliphatic rings. The fraction of sp³-hybridized carbons (Fsp3) is 0.0811.